The smallest absolute Gasteiger partial charge is 0.316 e. The lowest BCUT2D eigenvalue weighted by atomic mass is 9.67. The van der Waals surface area contributed by atoms with Crippen LogP contribution in [0, 0.1) is 22.7 Å². The molecule has 0 aromatic carbocycles. The van der Waals surface area contributed by atoms with Gasteiger partial charge >= 0.3 is 11.9 Å². The van der Waals surface area contributed by atoms with Crippen molar-refractivity contribution < 1.29 is 38.9 Å². The van der Waals surface area contributed by atoms with E-state index in [1.54, 1.807) is 27.7 Å². The van der Waals surface area contributed by atoms with Gasteiger partial charge in [-0.3, -0.25) is 29.2 Å². The highest BCUT2D eigenvalue weighted by Gasteiger charge is 2.48. The van der Waals surface area contributed by atoms with Crippen LogP contribution in [-0.4, -0.2) is 72.5 Å². The molecule has 0 unspecified atom stereocenters. The number of nitrogens with zero attached hydrogens (tertiary/aromatic N) is 2. The normalized spacial score (nSPS) is 22.9. The summed E-state index contributed by atoms with van der Waals surface area (Å²) in [7, 11) is 2.53. The van der Waals surface area contributed by atoms with E-state index >= 15 is 0 Å². The molecule has 2 atom stereocenters. The third-order valence-electron chi connectivity index (χ3n) is 8.20. The molecule has 0 saturated carbocycles. The Hall–Kier alpha value is -3.30. The quantitative estimate of drug-likeness (QED) is 0.164. The molecule has 2 aliphatic carbocycles. The van der Waals surface area contributed by atoms with Crippen LogP contribution in [0.4, 0.5) is 0 Å². The average molecular weight is 589 g/mol. The van der Waals surface area contributed by atoms with Crippen molar-refractivity contribution in [2.45, 2.75) is 92.9 Å². The molecule has 0 aromatic heterocycles. The number of methoxy groups -OCH3 is 2. The molecule has 0 radical (unpaired) electrons. The van der Waals surface area contributed by atoms with E-state index in [9.17, 15) is 29.4 Å². The van der Waals surface area contributed by atoms with Crippen molar-refractivity contribution in [1.82, 2.24) is 0 Å². The minimum atomic E-state index is -0.917. The lowest BCUT2D eigenvalue weighted by molar-refractivity contribution is -0.151. The molecule has 42 heavy (non-hydrogen) atoms. The van der Waals surface area contributed by atoms with Crippen LogP contribution in [-0.2, 0) is 28.7 Å². The summed E-state index contributed by atoms with van der Waals surface area (Å²) in [4.78, 5) is 59.7. The summed E-state index contributed by atoms with van der Waals surface area (Å²) in [6.07, 6.45) is 4.39. The standard InChI is InChI=1S/C32H48N2O8/c1-9-19(23-21(35)17-31(3,4)25(27(23)37)29(39)41-7)33-15-13-11-12-14-16-34-20(10-2)24-22(36)18-32(5,6)26(28(24)38)30(40)42-8/h25-26,37-38H,9-18H2,1-8H3/t25-,26-/m1/s1. The highest BCUT2D eigenvalue weighted by atomic mass is 16.5. The van der Waals surface area contributed by atoms with Gasteiger partial charge in [-0.25, -0.2) is 0 Å². The Labute approximate surface area is 249 Å². The van der Waals surface area contributed by atoms with Crippen molar-refractivity contribution in [2.24, 2.45) is 32.7 Å². The molecule has 0 fully saturated rings. The number of esters is 2. The monoisotopic (exact) mass is 588 g/mol. The van der Waals surface area contributed by atoms with Gasteiger partial charge in [-0.1, -0.05) is 54.4 Å². The first kappa shape index (κ1) is 34.9. The molecule has 10 nitrogen and oxygen atoms in total. The maximum absolute atomic E-state index is 12.9. The predicted molar refractivity (Wildman–Crippen MR) is 161 cm³/mol. The zero-order chi connectivity index (χ0) is 31.8. The zero-order valence-corrected chi connectivity index (χ0v) is 26.5. The van der Waals surface area contributed by atoms with E-state index in [0.29, 0.717) is 37.4 Å². The second-order valence-corrected chi connectivity index (χ2v) is 12.4. The van der Waals surface area contributed by atoms with Crippen molar-refractivity contribution in [3.05, 3.63) is 22.7 Å². The largest absolute Gasteiger partial charge is 0.511 e. The van der Waals surface area contributed by atoms with E-state index in [-0.39, 0.29) is 47.1 Å². The SMILES string of the molecule is CCC(=NCCCCCCN=C(CC)C1=C(O)[C@H](C(=O)OC)C(C)(C)CC1=O)C1=C(O)[C@H](C(=O)OC)C(C)(C)CC1=O. The number of aliphatic imine (C=N–C) groups is 2. The molecule has 234 valence electrons. The average Bonchev–Trinajstić information content (AvgIpc) is 2.90. The lowest BCUT2D eigenvalue weighted by Gasteiger charge is -2.36. The van der Waals surface area contributed by atoms with Gasteiger partial charge in [0.05, 0.1) is 25.4 Å². The molecule has 0 aliphatic heterocycles. The van der Waals surface area contributed by atoms with Crippen molar-refractivity contribution in [1.29, 1.82) is 0 Å². The van der Waals surface area contributed by atoms with Gasteiger partial charge in [0.15, 0.2) is 11.6 Å². The van der Waals surface area contributed by atoms with Crippen LogP contribution >= 0.6 is 0 Å². The van der Waals surface area contributed by atoms with Crippen molar-refractivity contribution in [3.8, 4) is 0 Å². The fraction of sp³-hybridized carbons (Fsp3) is 0.688. The van der Waals surface area contributed by atoms with Crippen molar-refractivity contribution in [3.63, 3.8) is 0 Å². The molecular formula is C32H48N2O8. The molecule has 0 heterocycles. The summed E-state index contributed by atoms with van der Waals surface area (Å²) < 4.78 is 9.78. The van der Waals surface area contributed by atoms with Crippen LogP contribution in [0.5, 0.6) is 0 Å². The maximum atomic E-state index is 12.9. The Morgan fingerprint density at radius 3 is 1.33 bits per heavy atom. The predicted octanol–water partition coefficient (Wildman–Crippen LogP) is 5.45. The summed E-state index contributed by atoms with van der Waals surface area (Å²) in [5.74, 6) is -3.93. The van der Waals surface area contributed by atoms with Crippen LogP contribution in [0.2, 0.25) is 0 Å². The number of ether oxygens (including phenoxy) is 2. The van der Waals surface area contributed by atoms with Crippen LogP contribution in [0.25, 0.3) is 0 Å². The van der Waals surface area contributed by atoms with Gasteiger partial charge in [0.25, 0.3) is 0 Å². The number of ketones is 2. The number of hydrogen-bond donors (Lipinski definition) is 2. The minimum absolute atomic E-state index is 0.118. The maximum Gasteiger partial charge on any atom is 0.316 e. The molecule has 0 saturated heterocycles. The summed E-state index contributed by atoms with van der Waals surface area (Å²) >= 11 is 0. The molecule has 2 N–H and O–H groups in total. The summed E-state index contributed by atoms with van der Waals surface area (Å²) in [6, 6.07) is 0. The number of aliphatic hydroxyl groups is 2. The molecule has 0 aromatic rings. The van der Waals surface area contributed by atoms with Gasteiger partial charge in [0.2, 0.25) is 0 Å². The first-order valence-electron chi connectivity index (χ1n) is 14.8. The number of Topliss-reactive ketones (excluding diaryl/α,β-unsaturated/α-hetero) is 2. The van der Waals surface area contributed by atoms with E-state index in [1.165, 1.54) is 14.2 Å². The van der Waals surface area contributed by atoms with Crippen LogP contribution in [0.1, 0.15) is 92.9 Å². The van der Waals surface area contributed by atoms with E-state index in [1.807, 2.05) is 13.8 Å². The number of hydrogen-bond acceptors (Lipinski definition) is 10. The van der Waals surface area contributed by atoms with Crippen LogP contribution in [0.3, 0.4) is 0 Å². The Balaban J connectivity index is 2.02. The third-order valence-corrected chi connectivity index (χ3v) is 8.20. The highest BCUT2D eigenvalue weighted by molar-refractivity contribution is 6.24. The molecule has 2 aliphatic rings. The lowest BCUT2D eigenvalue weighted by Crippen LogP contribution is -2.41. The van der Waals surface area contributed by atoms with Crippen molar-refractivity contribution >= 4 is 34.9 Å². The van der Waals surface area contributed by atoms with Crippen molar-refractivity contribution in [2.75, 3.05) is 27.3 Å². The number of carbonyl (C=O) groups excluding carboxylic acids is 4. The highest BCUT2D eigenvalue weighted by Crippen LogP contribution is 2.43. The van der Waals surface area contributed by atoms with E-state index in [4.69, 9.17) is 9.47 Å². The topological polar surface area (TPSA) is 152 Å². The van der Waals surface area contributed by atoms with Gasteiger partial charge in [0, 0.05) is 37.4 Å². The minimum Gasteiger partial charge on any atom is -0.511 e. The first-order valence-corrected chi connectivity index (χ1v) is 14.8. The van der Waals surface area contributed by atoms with E-state index in [0.717, 1.165) is 25.7 Å². The fourth-order valence-corrected chi connectivity index (χ4v) is 5.98. The van der Waals surface area contributed by atoms with Gasteiger partial charge in [-0.15, -0.1) is 0 Å². The molecule has 10 heteroatoms. The Morgan fingerprint density at radius 1 is 0.714 bits per heavy atom. The van der Waals surface area contributed by atoms with E-state index in [2.05, 4.69) is 9.98 Å². The first-order chi connectivity index (χ1) is 19.7. The summed E-state index contributed by atoms with van der Waals surface area (Å²) in [5.41, 5.74) is -0.232. The van der Waals surface area contributed by atoms with Gasteiger partial charge in [0.1, 0.15) is 23.4 Å². The molecule has 2 rings (SSSR count). The van der Waals surface area contributed by atoms with Crippen LogP contribution < -0.4 is 0 Å². The number of rotatable bonds is 13. The van der Waals surface area contributed by atoms with E-state index < -0.39 is 34.6 Å². The fourth-order valence-electron chi connectivity index (χ4n) is 5.98. The second-order valence-electron chi connectivity index (χ2n) is 12.4. The number of unbranched alkanes of at least 4 members (excludes halogenated alkanes) is 3. The Morgan fingerprint density at radius 2 is 1.05 bits per heavy atom. The number of carbonyl (C=O) groups is 4. The van der Waals surface area contributed by atoms with Gasteiger partial charge in [-0.05, 0) is 36.5 Å². The van der Waals surface area contributed by atoms with Crippen LogP contribution in [0.15, 0.2) is 32.6 Å². The molecule has 0 amide bonds. The number of allylic oxidation sites excluding steroid dienone is 2. The summed E-state index contributed by atoms with van der Waals surface area (Å²) in [6.45, 7) is 11.7. The Bertz CT molecular complexity index is 1100. The molecular weight excluding hydrogens is 540 g/mol. The Kier molecular flexibility index (Phi) is 12.2. The third kappa shape index (κ3) is 7.75. The van der Waals surface area contributed by atoms with Gasteiger partial charge in [-0.2, -0.15) is 0 Å². The molecule has 0 spiro atoms. The number of aliphatic hydroxyl groups excluding tert-OH is 2. The second kappa shape index (κ2) is 14.7. The van der Waals surface area contributed by atoms with Gasteiger partial charge < -0.3 is 19.7 Å². The zero-order valence-electron chi connectivity index (χ0n) is 26.5. The summed E-state index contributed by atoms with van der Waals surface area (Å²) in [5, 5.41) is 21.8. The molecule has 0 bridgehead atoms.